The molecule has 2 N–H and O–H groups in total. The van der Waals surface area contributed by atoms with Gasteiger partial charge in [0.05, 0.1) is 7.11 Å². The molecule has 16 heavy (non-hydrogen) atoms. The molecule has 1 aromatic carbocycles. The lowest BCUT2D eigenvalue weighted by Crippen LogP contribution is -2.35. The minimum absolute atomic E-state index is 0.459. The molecule has 1 unspecified atom stereocenters. The molecule has 1 rings (SSSR count). The third kappa shape index (κ3) is 3.11. The Labute approximate surface area is 101 Å². The number of likely N-dealkylation sites (N-methyl/N-ethyl adjacent to an activating group) is 1. The van der Waals surface area contributed by atoms with Crippen LogP contribution in [0.2, 0.25) is 5.02 Å². The van der Waals surface area contributed by atoms with Crippen LogP contribution in [0, 0.1) is 0 Å². The van der Waals surface area contributed by atoms with Gasteiger partial charge in [0, 0.05) is 17.1 Å². The molecule has 0 spiro atoms. The third-order valence-corrected chi connectivity index (χ3v) is 2.70. The van der Waals surface area contributed by atoms with Crippen LogP contribution in [0.15, 0.2) is 18.2 Å². The predicted molar refractivity (Wildman–Crippen MR) is 66.1 cm³/mol. The predicted octanol–water partition coefficient (Wildman–Crippen LogP) is 2.17. The van der Waals surface area contributed by atoms with Crippen LogP contribution in [0.1, 0.15) is 19.4 Å². The molecule has 0 heterocycles. The van der Waals surface area contributed by atoms with Crippen LogP contribution in [0.25, 0.3) is 0 Å². The Balaban J connectivity index is 3.04. The second-order valence-electron chi connectivity index (χ2n) is 3.90. The van der Waals surface area contributed by atoms with E-state index < -0.39 is 5.60 Å². The average Bonchev–Trinajstić information content (AvgIpc) is 2.26. The highest BCUT2D eigenvalue weighted by Gasteiger charge is 2.26. The second kappa shape index (κ2) is 5.53. The molecular weight excluding hydrogens is 226 g/mol. The molecule has 1 atom stereocenters. The molecule has 0 bridgehead atoms. The molecule has 0 radical (unpaired) electrons. The first-order valence-electron chi connectivity index (χ1n) is 5.28. The number of hydrogen-bond donors (Lipinski definition) is 2. The van der Waals surface area contributed by atoms with Crippen molar-refractivity contribution >= 4 is 11.6 Å². The van der Waals surface area contributed by atoms with Crippen LogP contribution in [0.4, 0.5) is 0 Å². The summed E-state index contributed by atoms with van der Waals surface area (Å²) >= 11 is 5.93. The topological polar surface area (TPSA) is 41.5 Å². The lowest BCUT2D eigenvalue weighted by molar-refractivity contribution is 0.0550. The van der Waals surface area contributed by atoms with Crippen LogP contribution in [0.3, 0.4) is 0 Å². The van der Waals surface area contributed by atoms with Crippen molar-refractivity contribution in [2.75, 3.05) is 20.2 Å². The number of benzene rings is 1. The maximum atomic E-state index is 10.4. The SMILES string of the molecule is CCNCC(C)(O)c1cc(Cl)ccc1OC. The van der Waals surface area contributed by atoms with Crippen molar-refractivity contribution in [1.82, 2.24) is 5.32 Å². The van der Waals surface area contributed by atoms with Gasteiger partial charge in [-0.25, -0.2) is 0 Å². The molecule has 0 saturated heterocycles. The zero-order chi connectivity index (χ0) is 12.2. The number of aliphatic hydroxyl groups is 1. The first kappa shape index (κ1) is 13.3. The second-order valence-corrected chi connectivity index (χ2v) is 4.34. The quantitative estimate of drug-likeness (QED) is 0.833. The summed E-state index contributed by atoms with van der Waals surface area (Å²) < 4.78 is 5.22. The van der Waals surface area contributed by atoms with Gasteiger partial charge < -0.3 is 15.2 Å². The van der Waals surface area contributed by atoms with Crippen molar-refractivity contribution in [3.8, 4) is 5.75 Å². The molecule has 3 nitrogen and oxygen atoms in total. The number of methoxy groups -OCH3 is 1. The summed E-state index contributed by atoms with van der Waals surface area (Å²) in [6.07, 6.45) is 0. The summed E-state index contributed by atoms with van der Waals surface area (Å²) in [6.45, 7) is 4.99. The van der Waals surface area contributed by atoms with Crippen LogP contribution >= 0.6 is 11.6 Å². The van der Waals surface area contributed by atoms with Crippen molar-refractivity contribution in [2.45, 2.75) is 19.4 Å². The summed E-state index contributed by atoms with van der Waals surface area (Å²) in [4.78, 5) is 0. The Kier molecular flexibility index (Phi) is 4.59. The van der Waals surface area contributed by atoms with E-state index in [1.807, 2.05) is 6.92 Å². The average molecular weight is 244 g/mol. The fourth-order valence-corrected chi connectivity index (χ4v) is 1.74. The van der Waals surface area contributed by atoms with Gasteiger partial charge in [-0.15, -0.1) is 0 Å². The maximum absolute atomic E-state index is 10.4. The van der Waals surface area contributed by atoms with Crippen LogP contribution in [-0.4, -0.2) is 25.3 Å². The highest BCUT2D eigenvalue weighted by molar-refractivity contribution is 6.30. The maximum Gasteiger partial charge on any atom is 0.125 e. The Morgan fingerprint density at radius 2 is 2.19 bits per heavy atom. The number of rotatable bonds is 5. The highest BCUT2D eigenvalue weighted by Crippen LogP contribution is 2.31. The van der Waals surface area contributed by atoms with Crippen LogP contribution < -0.4 is 10.1 Å². The summed E-state index contributed by atoms with van der Waals surface area (Å²) in [7, 11) is 1.58. The number of ether oxygens (including phenoxy) is 1. The van der Waals surface area contributed by atoms with E-state index in [1.54, 1.807) is 32.2 Å². The molecule has 0 aliphatic heterocycles. The summed E-state index contributed by atoms with van der Waals surface area (Å²) in [5.41, 5.74) is -0.296. The molecule has 0 saturated carbocycles. The van der Waals surface area contributed by atoms with Crippen LogP contribution in [0.5, 0.6) is 5.75 Å². The van der Waals surface area contributed by atoms with E-state index in [1.165, 1.54) is 0 Å². The van der Waals surface area contributed by atoms with Gasteiger partial charge in [0.15, 0.2) is 0 Å². The molecule has 0 fully saturated rings. The smallest absolute Gasteiger partial charge is 0.125 e. The third-order valence-electron chi connectivity index (χ3n) is 2.46. The molecule has 4 heteroatoms. The van der Waals surface area contributed by atoms with E-state index in [9.17, 15) is 5.11 Å². The van der Waals surface area contributed by atoms with Gasteiger partial charge in [0.1, 0.15) is 11.4 Å². The Hall–Kier alpha value is -0.770. The summed E-state index contributed by atoms with van der Waals surface area (Å²) in [6, 6.07) is 5.24. The summed E-state index contributed by atoms with van der Waals surface area (Å²) in [5, 5.41) is 14.1. The standard InChI is InChI=1S/C12H18ClNO2/c1-4-14-8-12(2,15)10-7-9(13)5-6-11(10)16-3/h5-7,14-15H,4,8H2,1-3H3. The van der Waals surface area contributed by atoms with Gasteiger partial charge >= 0.3 is 0 Å². The lowest BCUT2D eigenvalue weighted by atomic mass is 9.95. The first-order chi connectivity index (χ1) is 7.51. The monoisotopic (exact) mass is 243 g/mol. The Bertz CT molecular complexity index is 353. The largest absolute Gasteiger partial charge is 0.496 e. The van der Waals surface area contributed by atoms with Crippen molar-refractivity contribution < 1.29 is 9.84 Å². The van der Waals surface area contributed by atoms with Crippen molar-refractivity contribution in [3.05, 3.63) is 28.8 Å². The molecule has 0 amide bonds. The number of hydrogen-bond acceptors (Lipinski definition) is 3. The molecule has 0 aromatic heterocycles. The van der Waals surface area contributed by atoms with Gasteiger partial charge in [-0.2, -0.15) is 0 Å². The van der Waals surface area contributed by atoms with E-state index >= 15 is 0 Å². The van der Waals surface area contributed by atoms with Crippen molar-refractivity contribution in [3.63, 3.8) is 0 Å². The Morgan fingerprint density at radius 3 is 2.75 bits per heavy atom. The molecule has 90 valence electrons. The lowest BCUT2D eigenvalue weighted by Gasteiger charge is -2.26. The minimum Gasteiger partial charge on any atom is -0.496 e. The molecule has 0 aliphatic rings. The van der Waals surface area contributed by atoms with E-state index in [0.29, 0.717) is 22.9 Å². The van der Waals surface area contributed by atoms with Gasteiger partial charge in [-0.1, -0.05) is 18.5 Å². The van der Waals surface area contributed by atoms with Crippen molar-refractivity contribution in [1.29, 1.82) is 0 Å². The van der Waals surface area contributed by atoms with Crippen LogP contribution in [-0.2, 0) is 5.60 Å². The number of halogens is 1. The zero-order valence-electron chi connectivity index (χ0n) is 9.88. The van der Waals surface area contributed by atoms with Gasteiger partial charge in [0.2, 0.25) is 0 Å². The van der Waals surface area contributed by atoms with E-state index in [4.69, 9.17) is 16.3 Å². The first-order valence-corrected chi connectivity index (χ1v) is 5.66. The molecule has 1 aromatic rings. The zero-order valence-corrected chi connectivity index (χ0v) is 10.6. The molecular formula is C12H18ClNO2. The molecule has 0 aliphatic carbocycles. The van der Waals surface area contributed by atoms with Gasteiger partial charge in [-0.05, 0) is 31.7 Å². The highest BCUT2D eigenvalue weighted by atomic mass is 35.5. The fourth-order valence-electron chi connectivity index (χ4n) is 1.56. The minimum atomic E-state index is -0.994. The van der Waals surface area contributed by atoms with Gasteiger partial charge in [0.25, 0.3) is 0 Å². The van der Waals surface area contributed by atoms with E-state index in [0.717, 1.165) is 6.54 Å². The fraction of sp³-hybridized carbons (Fsp3) is 0.500. The Morgan fingerprint density at radius 1 is 1.50 bits per heavy atom. The summed E-state index contributed by atoms with van der Waals surface area (Å²) in [5.74, 6) is 0.646. The van der Waals surface area contributed by atoms with E-state index in [-0.39, 0.29) is 0 Å². The van der Waals surface area contributed by atoms with Crippen molar-refractivity contribution in [2.24, 2.45) is 0 Å². The van der Waals surface area contributed by atoms with E-state index in [2.05, 4.69) is 5.32 Å². The normalized spacial score (nSPS) is 14.6. The number of nitrogens with one attached hydrogen (secondary N) is 1. The van der Waals surface area contributed by atoms with Gasteiger partial charge in [-0.3, -0.25) is 0 Å².